The number of esters is 1. The number of hydrogen-bond acceptors (Lipinski definition) is 8. The Morgan fingerprint density at radius 1 is 1.16 bits per heavy atom. The Hall–Kier alpha value is -3.40. The number of halogens is 1. The molecule has 0 amide bonds. The number of aryl methyl sites for hydroxylation is 1. The second-order valence-corrected chi connectivity index (χ2v) is 10.4. The van der Waals surface area contributed by atoms with Gasteiger partial charge in [0.1, 0.15) is 11.6 Å². The summed E-state index contributed by atoms with van der Waals surface area (Å²) in [4.78, 5) is 43.8. The maximum Gasteiger partial charge on any atom is 0.306 e. The van der Waals surface area contributed by atoms with Crippen LogP contribution in [0.15, 0.2) is 27.5 Å². The molecule has 0 aliphatic carbocycles. The Morgan fingerprint density at radius 2 is 1.95 bits per heavy atom. The van der Waals surface area contributed by atoms with Crippen LogP contribution in [0.25, 0.3) is 11.0 Å². The maximum atomic E-state index is 13.5. The quantitative estimate of drug-likeness (QED) is 0.407. The lowest BCUT2D eigenvalue weighted by atomic mass is 9.91. The van der Waals surface area contributed by atoms with Gasteiger partial charge in [0, 0.05) is 48.1 Å². The third-order valence-electron chi connectivity index (χ3n) is 7.70. The van der Waals surface area contributed by atoms with Crippen molar-refractivity contribution in [2.24, 2.45) is 0 Å². The number of ketones is 1. The minimum Gasteiger partial charge on any atom is -0.454 e. The van der Waals surface area contributed by atoms with Gasteiger partial charge in [-0.05, 0) is 71.2 Å². The van der Waals surface area contributed by atoms with Crippen molar-refractivity contribution in [2.75, 3.05) is 19.6 Å². The van der Waals surface area contributed by atoms with E-state index in [4.69, 9.17) is 14.2 Å². The number of carbonyl (C=O) groups is 2. The maximum absolute atomic E-state index is 13.5. The average molecular weight is 525 g/mol. The average Bonchev–Trinajstić information content (AvgIpc) is 3.31. The minimum absolute atomic E-state index is 0.0370. The van der Waals surface area contributed by atoms with Crippen molar-refractivity contribution in [2.45, 2.75) is 77.4 Å². The van der Waals surface area contributed by atoms with Crippen LogP contribution in [0.5, 0.6) is 0 Å². The highest BCUT2D eigenvalue weighted by Crippen LogP contribution is 2.33. The molecule has 0 bridgehead atoms. The molecule has 5 rings (SSSR count). The number of rotatable bonds is 8. The summed E-state index contributed by atoms with van der Waals surface area (Å²) in [5.41, 5.74) is 2.68. The molecule has 0 radical (unpaired) electrons. The number of carbonyl (C=O) groups excluding carboxylic acids is 2. The van der Waals surface area contributed by atoms with Gasteiger partial charge in [0.2, 0.25) is 0 Å². The van der Waals surface area contributed by atoms with Crippen LogP contribution in [-0.4, -0.2) is 51.0 Å². The van der Waals surface area contributed by atoms with E-state index in [1.54, 1.807) is 10.6 Å². The zero-order valence-electron chi connectivity index (χ0n) is 21.9. The zero-order valence-corrected chi connectivity index (χ0v) is 21.9. The Kier molecular flexibility index (Phi) is 7.69. The number of aromatic nitrogens is 3. The molecule has 10 heteroatoms. The van der Waals surface area contributed by atoms with Gasteiger partial charge in [-0.1, -0.05) is 5.16 Å². The third-order valence-corrected chi connectivity index (χ3v) is 7.70. The molecular weight excluding hydrogens is 491 g/mol. The first-order valence-corrected chi connectivity index (χ1v) is 13.4. The summed E-state index contributed by atoms with van der Waals surface area (Å²) < 4.78 is 26.1. The molecule has 1 aromatic carbocycles. The van der Waals surface area contributed by atoms with Gasteiger partial charge in [-0.2, -0.15) is 0 Å². The van der Waals surface area contributed by atoms with E-state index in [9.17, 15) is 18.8 Å². The van der Waals surface area contributed by atoms with Crippen molar-refractivity contribution < 1.29 is 23.2 Å². The largest absolute Gasteiger partial charge is 0.454 e. The van der Waals surface area contributed by atoms with Crippen molar-refractivity contribution >= 4 is 22.7 Å². The highest BCUT2D eigenvalue weighted by molar-refractivity contribution is 5.81. The molecule has 3 aromatic rings. The number of hydrogen-bond donors (Lipinski definition) is 0. The van der Waals surface area contributed by atoms with Gasteiger partial charge >= 0.3 is 5.97 Å². The van der Waals surface area contributed by atoms with E-state index >= 15 is 0 Å². The number of piperidine rings is 1. The first-order chi connectivity index (χ1) is 18.3. The predicted molar refractivity (Wildman–Crippen MR) is 137 cm³/mol. The highest BCUT2D eigenvalue weighted by Gasteiger charge is 2.29. The van der Waals surface area contributed by atoms with Crippen LogP contribution in [-0.2, 0) is 27.3 Å². The van der Waals surface area contributed by atoms with E-state index in [2.05, 4.69) is 10.1 Å². The van der Waals surface area contributed by atoms with E-state index in [0.717, 1.165) is 50.0 Å². The number of Topliss-reactive ketones (excluding diaryl/α,β-unsaturated/α-hetero) is 1. The molecule has 2 aliphatic heterocycles. The molecule has 1 saturated heterocycles. The van der Waals surface area contributed by atoms with E-state index in [1.807, 2.05) is 6.92 Å². The van der Waals surface area contributed by atoms with Gasteiger partial charge in [0.05, 0.1) is 12.1 Å². The smallest absolute Gasteiger partial charge is 0.306 e. The molecule has 9 nitrogen and oxygen atoms in total. The Morgan fingerprint density at radius 3 is 2.71 bits per heavy atom. The van der Waals surface area contributed by atoms with Gasteiger partial charge < -0.3 is 19.0 Å². The molecule has 0 saturated carbocycles. The van der Waals surface area contributed by atoms with E-state index in [-0.39, 0.29) is 35.9 Å². The number of fused-ring (bicyclic) bond motifs is 2. The number of likely N-dealkylation sites (tertiary alicyclic amines) is 1. The SMILES string of the molecule is CC(=O)CCC(=O)OC1CCCn2c1nc(C)c(CCN1CCC(c3noc4cc(F)ccc34)CC1)c2=O. The van der Waals surface area contributed by atoms with E-state index < -0.39 is 12.1 Å². The fourth-order valence-electron chi connectivity index (χ4n) is 5.57. The molecule has 2 aromatic heterocycles. The lowest BCUT2D eigenvalue weighted by molar-refractivity contribution is -0.152. The standard InChI is InChI=1S/C28H33FN4O5/c1-17(34)5-8-25(35)37-23-4-3-12-33-27(23)30-18(2)21(28(33)36)11-15-32-13-9-19(10-14-32)26-22-7-6-20(29)16-24(22)38-31-26/h6-7,16,19,23H,3-5,8-15H2,1-2H3. The molecule has 1 fully saturated rings. The summed E-state index contributed by atoms with van der Waals surface area (Å²) in [7, 11) is 0. The van der Waals surface area contributed by atoms with E-state index in [1.165, 1.54) is 19.1 Å². The number of nitrogens with zero attached hydrogens (tertiary/aromatic N) is 4. The van der Waals surface area contributed by atoms with Crippen molar-refractivity contribution in [1.82, 2.24) is 19.6 Å². The van der Waals surface area contributed by atoms with Gasteiger partial charge in [-0.15, -0.1) is 0 Å². The molecule has 0 N–H and O–H groups in total. The lowest BCUT2D eigenvalue weighted by Crippen LogP contribution is -2.38. The molecule has 2 aliphatic rings. The van der Waals surface area contributed by atoms with Gasteiger partial charge in [-0.25, -0.2) is 9.37 Å². The molecule has 202 valence electrons. The van der Waals surface area contributed by atoms with Crippen molar-refractivity contribution in [1.29, 1.82) is 0 Å². The second-order valence-electron chi connectivity index (χ2n) is 10.4. The third kappa shape index (κ3) is 5.55. The highest BCUT2D eigenvalue weighted by atomic mass is 19.1. The van der Waals surface area contributed by atoms with Gasteiger partial charge in [0.25, 0.3) is 5.56 Å². The summed E-state index contributed by atoms with van der Waals surface area (Å²) in [6.45, 7) is 6.33. The predicted octanol–water partition coefficient (Wildman–Crippen LogP) is 4.00. The summed E-state index contributed by atoms with van der Waals surface area (Å²) in [5.74, 6) is -0.0821. The summed E-state index contributed by atoms with van der Waals surface area (Å²) in [5, 5.41) is 5.10. The summed E-state index contributed by atoms with van der Waals surface area (Å²) >= 11 is 0. The van der Waals surface area contributed by atoms with Gasteiger partial charge in [0.15, 0.2) is 17.5 Å². The lowest BCUT2D eigenvalue weighted by Gasteiger charge is -2.31. The Labute approximate surface area is 220 Å². The van der Waals surface area contributed by atoms with Crippen LogP contribution in [0, 0.1) is 12.7 Å². The van der Waals surface area contributed by atoms with E-state index in [0.29, 0.717) is 42.1 Å². The van der Waals surface area contributed by atoms with Gasteiger partial charge in [-0.3, -0.25) is 14.2 Å². The first-order valence-electron chi connectivity index (χ1n) is 13.4. The van der Waals surface area contributed by atoms with Crippen molar-refractivity contribution in [3.63, 3.8) is 0 Å². The molecule has 4 heterocycles. The zero-order chi connectivity index (χ0) is 26.8. The van der Waals surface area contributed by atoms with Crippen LogP contribution in [0.2, 0.25) is 0 Å². The molecule has 0 spiro atoms. The topological polar surface area (TPSA) is 108 Å². The number of ether oxygens (including phenoxy) is 1. The Balaban J connectivity index is 1.21. The normalized spacial score (nSPS) is 18.4. The van der Waals surface area contributed by atoms with Crippen molar-refractivity contribution in [3.8, 4) is 0 Å². The Bertz CT molecular complexity index is 1410. The molecule has 1 unspecified atom stereocenters. The monoisotopic (exact) mass is 524 g/mol. The fourth-order valence-corrected chi connectivity index (χ4v) is 5.57. The van der Waals surface area contributed by atoms with Crippen LogP contribution >= 0.6 is 0 Å². The fraction of sp³-hybridized carbons (Fsp3) is 0.536. The summed E-state index contributed by atoms with van der Waals surface area (Å²) in [6.07, 6.45) is 3.38. The molecule has 1 atom stereocenters. The van der Waals surface area contributed by atoms with Crippen molar-refractivity contribution in [3.05, 3.63) is 57.1 Å². The van der Waals surface area contributed by atoms with Crippen LogP contribution in [0.4, 0.5) is 4.39 Å². The molecule has 38 heavy (non-hydrogen) atoms. The van der Waals surface area contributed by atoms with Crippen LogP contribution in [0.1, 0.15) is 80.2 Å². The van der Waals surface area contributed by atoms with Crippen LogP contribution in [0.3, 0.4) is 0 Å². The minimum atomic E-state index is -0.563. The van der Waals surface area contributed by atoms with Crippen LogP contribution < -0.4 is 5.56 Å². The second kappa shape index (κ2) is 11.1. The molecular formula is C28H33FN4O5. The first kappa shape index (κ1) is 26.2. The number of benzene rings is 1. The summed E-state index contributed by atoms with van der Waals surface area (Å²) in [6, 6.07) is 4.54.